The zero-order valence-electron chi connectivity index (χ0n) is 11.0. The standard InChI is InChI=1S/C14H18N2O3/c1-2-18-14(17)13-8-11(19-16-13)5-3-9-7-10-4-6-12(9)15-10/h3,5,8-10,12,15H,2,4,6-7H2,1H3/b5-3-. The number of rotatable bonds is 4. The monoisotopic (exact) mass is 262 g/mol. The van der Waals surface area contributed by atoms with E-state index >= 15 is 0 Å². The number of esters is 1. The van der Waals surface area contributed by atoms with Crippen LogP contribution in [0.3, 0.4) is 0 Å². The summed E-state index contributed by atoms with van der Waals surface area (Å²) < 4.78 is 9.98. The lowest BCUT2D eigenvalue weighted by Crippen LogP contribution is -2.21. The van der Waals surface area contributed by atoms with Crippen LogP contribution in [-0.4, -0.2) is 29.8 Å². The maximum absolute atomic E-state index is 11.4. The average molecular weight is 262 g/mol. The Morgan fingerprint density at radius 1 is 1.63 bits per heavy atom. The van der Waals surface area contributed by atoms with Crippen molar-refractivity contribution in [1.29, 1.82) is 0 Å². The minimum Gasteiger partial charge on any atom is -0.461 e. The molecule has 2 aliphatic heterocycles. The van der Waals surface area contributed by atoms with E-state index in [0.717, 1.165) is 0 Å². The van der Waals surface area contributed by atoms with E-state index in [1.54, 1.807) is 13.0 Å². The minimum absolute atomic E-state index is 0.229. The molecule has 0 radical (unpaired) electrons. The van der Waals surface area contributed by atoms with Crippen molar-refractivity contribution in [3.63, 3.8) is 0 Å². The predicted molar refractivity (Wildman–Crippen MR) is 69.5 cm³/mol. The van der Waals surface area contributed by atoms with E-state index in [-0.39, 0.29) is 5.69 Å². The Kier molecular flexibility index (Phi) is 3.38. The summed E-state index contributed by atoms with van der Waals surface area (Å²) in [5.74, 6) is 0.730. The molecule has 2 bridgehead atoms. The molecule has 0 saturated carbocycles. The number of hydrogen-bond acceptors (Lipinski definition) is 5. The highest BCUT2D eigenvalue weighted by Gasteiger charge is 2.37. The van der Waals surface area contributed by atoms with Gasteiger partial charge in [-0.25, -0.2) is 4.79 Å². The first-order valence-corrected chi connectivity index (χ1v) is 6.84. The lowest BCUT2D eigenvalue weighted by molar-refractivity contribution is 0.0514. The minimum atomic E-state index is -0.438. The third kappa shape index (κ3) is 2.56. The molecule has 2 saturated heterocycles. The third-order valence-corrected chi connectivity index (χ3v) is 3.87. The fraction of sp³-hybridized carbons (Fsp3) is 0.571. The van der Waals surface area contributed by atoms with Gasteiger partial charge in [0.05, 0.1) is 6.61 Å². The fourth-order valence-electron chi connectivity index (χ4n) is 2.97. The zero-order valence-corrected chi connectivity index (χ0v) is 11.0. The van der Waals surface area contributed by atoms with Crippen LogP contribution < -0.4 is 5.32 Å². The molecule has 0 amide bonds. The number of ether oxygens (including phenoxy) is 1. The molecule has 19 heavy (non-hydrogen) atoms. The summed E-state index contributed by atoms with van der Waals surface area (Å²) in [5, 5.41) is 7.29. The second-order valence-electron chi connectivity index (χ2n) is 5.14. The van der Waals surface area contributed by atoms with Crippen LogP contribution in [0, 0.1) is 5.92 Å². The third-order valence-electron chi connectivity index (χ3n) is 3.87. The summed E-state index contributed by atoms with van der Waals surface area (Å²) in [6.07, 6.45) is 7.81. The molecule has 1 N–H and O–H groups in total. The number of aromatic nitrogens is 1. The van der Waals surface area contributed by atoms with Gasteiger partial charge >= 0.3 is 5.97 Å². The molecule has 2 fully saturated rings. The predicted octanol–water partition coefficient (Wildman–Crippen LogP) is 2.00. The Labute approximate surface area is 112 Å². The largest absolute Gasteiger partial charge is 0.461 e. The lowest BCUT2D eigenvalue weighted by Gasteiger charge is -2.15. The Morgan fingerprint density at radius 2 is 2.53 bits per heavy atom. The molecule has 3 unspecified atom stereocenters. The van der Waals surface area contributed by atoms with Gasteiger partial charge in [0.15, 0.2) is 11.5 Å². The molecule has 102 valence electrons. The zero-order chi connectivity index (χ0) is 13.2. The SMILES string of the molecule is CCOC(=O)c1cc(/C=C\C2CC3CCC2N3)on1. The highest BCUT2D eigenvalue weighted by Crippen LogP contribution is 2.34. The molecule has 0 aliphatic carbocycles. The van der Waals surface area contributed by atoms with Gasteiger partial charge in [-0.05, 0) is 38.2 Å². The van der Waals surface area contributed by atoms with Crippen molar-refractivity contribution >= 4 is 12.0 Å². The molecule has 1 aromatic rings. The summed E-state index contributed by atoms with van der Waals surface area (Å²) in [5.41, 5.74) is 0.229. The summed E-state index contributed by atoms with van der Waals surface area (Å²) in [6, 6.07) is 2.91. The Bertz CT molecular complexity index is 495. The Morgan fingerprint density at radius 3 is 3.21 bits per heavy atom. The van der Waals surface area contributed by atoms with Crippen LogP contribution in [-0.2, 0) is 4.74 Å². The van der Waals surface area contributed by atoms with Crippen molar-refractivity contribution in [3.8, 4) is 0 Å². The van der Waals surface area contributed by atoms with E-state index in [1.807, 2.05) is 6.08 Å². The van der Waals surface area contributed by atoms with Gasteiger partial charge in [0.1, 0.15) is 0 Å². The van der Waals surface area contributed by atoms with Crippen LogP contribution >= 0.6 is 0 Å². The van der Waals surface area contributed by atoms with Gasteiger partial charge in [0.25, 0.3) is 0 Å². The van der Waals surface area contributed by atoms with Crippen LogP contribution in [0.2, 0.25) is 0 Å². The second kappa shape index (κ2) is 5.17. The number of carbonyl (C=O) groups excluding carboxylic acids is 1. The average Bonchev–Trinajstić information content (AvgIpc) is 3.12. The second-order valence-corrected chi connectivity index (χ2v) is 5.14. The number of fused-ring (bicyclic) bond motifs is 2. The summed E-state index contributed by atoms with van der Waals surface area (Å²) in [4.78, 5) is 11.4. The first-order chi connectivity index (χ1) is 9.26. The van der Waals surface area contributed by atoms with Gasteiger partial charge in [-0.15, -0.1) is 0 Å². The van der Waals surface area contributed by atoms with Gasteiger partial charge in [-0.2, -0.15) is 0 Å². The van der Waals surface area contributed by atoms with Crippen molar-refractivity contribution in [2.24, 2.45) is 5.92 Å². The van der Waals surface area contributed by atoms with Crippen LogP contribution in [0.25, 0.3) is 6.08 Å². The first kappa shape index (κ1) is 12.4. The van der Waals surface area contributed by atoms with Gasteiger partial charge in [0, 0.05) is 18.2 Å². The van der Waals surface area contributed by atoms with Crippen molar-refractivity contribution in [1.82, 2.24) is 10.5 Å². The number of nitrogens with one attached hydrogen (secondary N) is 1. The normalized spacial score (nSPS) is 29.2. The molecule has 0 spiro atoms. The molecule has 5 heteroatoms. The Balaban J connectivity index is 1.62. The van der Waals surface area contributed by atoms with Gasteiger partial charge in [0.2, 0.25) is 0 Å². The topological polar surface area (TPSA) is 64.4 Å². The highest BCUT2D eigenvalue weighted by atomic mass is 16.5. The molecule has 3 rings (SSSR count). The number of nitrogens with zero attached hydrogens (tertiary/aromatic N) is 1. The maximum Gasteiger partial charge on any atom is 0.360 e. The van der Waals surface area contributed by atoms with Crippen molar-refractivity contribution in [2.75, 3.05) is 6.61 Å². The van der Waals surface area contributed by atoms with E-state index in [0.29, 0.717) is 30.4 Å². The fourth-order valence-corrected chi connectivity index (χ4v) is 2.97. The molecule has 0 aromatic carbocycles. The lowest BCUT2D eigenvalue weighted by atomic mass is 9.89. The number of carbonyl (C=O) groups is 1. The highest BCUT2D eigenvalue weighted by molar-refractivity contribution is 5.87. The number of hydrogen-bond donors (Lipinski definition) is 1. The van der Waals surface area contributed by atoms with Gasteiger partial charge in [-0.3, -0.25) is 0 Å². The molecule has 3 heterocycles. The van der Waals surface area contributed by atoms with Gasteiger partial charge in [-0.1, -0.05) is 11.2 Å². The van der Waals surface area contributed by atoms with Crippen LogP contribution in [0.5, 0.6) is 0 Å². The van der Waals surface area contributed by atoms with Crippen molar-refractivity contribution < 1.29 is 14.1 Å². The molecule has 5 nitrogen and oxygen atoms in total. The maximum atomic E-state index is 11.4. The Hall–Kier alpha value is -1.62. The first-order valence-electron chi connectivity index (χ1n) is 6.84. The smallest absolute Gasteiger partial charge is 0.360 e. The molecule has 1 aromatic heterocycles. The van der Waals surface area contributed by atoms with Gasteiger partial charge < -0.3 is 14.6 Å². The van der Waals surface area contributed by atoms with E-state index in [4.69, 9.17) is 9.26 Å². The van der Waals surface area contributed by atoms with Crippen LogP contribution in [0.1, 0.15) is 42.4 Å². The van der Waals surface area contributed by atoms with E-state index < -0.39 is 5.97 Å². The van der Waals surface area contributed by atoms with Crippen molar-refractivity contribution in [3.05, 3.63) is 23.6 Å². The quantitative estimate of drug-likeness (QED) is 0.841. The summed E-state index contributed by atoms with van der Waals surface area (Å²) in [6.45, 7) is 2.11. The summed E-state index contributed by atoms with van der Waals surface area (Å²) >= 11 is 0. The molecule has 3 atom stereocenters. The van der Waals surface area contributed by atoms with E-state index in [9.17, 15) is 4.79 Å². The van der Waals surface area contributed by atoms with Crippen molar-refractivity contribution in [2.45, 2.75) is 38.3 Å². The molecular weight excluding hydrogens is 244 g/mol. The van der Waals surface area contributed by atoms with E-state index in [2.05, 4.69) is 16.5 Å². The van der Waals surface area contributed by atoms with Crippen LogP contribution in [0.15, 0.2) is 16.7 Å². The summed E-state index contributed by atoms with van der Waals surface area (Å²) in [7, 11) is 0. The van der Waals surface area contributed by atoms with Crippen LogP contribution in [0.4, 0.5) is 0 Å². The molecule has 2 aliphatic rings. The molecular formula is C14H18N2O3. The van der Waals surface area contributed by atoms with E-state index in [1.165, 1.54) is 19.3 Å².